The molecule has 4 unspecified atom stereocenters. The zero-order valence-electron chi connectivity index (χ0n) is 14.0. The van der Waals surface area contributed by atoms with E-state index >= 15 is 0 Å². The average Bonchev–Trinajstić information content (AvgIpc) is 2.71. The highest BCUT2D eigenvalue weighted by Gasteiger charge is 2.63. The highest BCUT2D eigenvalue weighted by atomic mass is 16.3. The first-order valence-corrected chi connectivity index (χ1v) is 8.99. The van der Waals surface area contributed by atoms with Gasteiger partial charge in [-0.2, -0.15) is 0 Å². The fourth-order valence-electron chi connectivity index (χ4n) is 6.64. The molecule has 0 aliphatic heterocycles. The molecule has 0 radical (unpaired) electrons. The molecular formula is C19H29NO3. The molecule has 0 bridgehead atoms. The summed E-state index contributed by atoms with van der Waals surface area (Å²) in [6, 6.07) is -0.237. The third-order valence-corrected chi connectivity index (χ3v) is 7.87. The molecule has 9 atom stereocenters. The van der Waals surface area contributed by atoms with Crippen LogP contribution in [-0.2, 0) is 0 Å². The van der Waals surface area contributed by atoms with Crippen molar-refractivity contribution in [2.75, 3.05) is 0 Å². The lowest BCUT2D eigenvalue weighted by Crippen LogP contribution is -2.59. The largest absolute Gasteiger partial charge is 0.508 e. The van der Waals surface area contributed by atoms with E-state index in [2.05, 4.69) is 19.9 Å². The van der Waals surface area contributed by atoms with Crippen molar-refractivity contribution in [1.29, 1.82) is 0 Å². The van der Waals surface area contributed by atoms with Crippen molar-refractivity contribution < 1.29 is 15.3 Å². The number of nitrogens with two attached hydrogens (primary N) is 1. The molecule has 128 valence electrons. The summed E-state index contributed by atoms with van der Waals surface area (Å²) in [5.41, 5.74) is 6.03. The van der Waals surface area contributed by atoms with Gasteiger partial charge in [-0.15, -0.1) is 0 Å². The molecule has 0 aromatic rings. The number of hydrogen-bond donors (Lipinski definition) is 4. The Morgan fingerprint density at radius 1 is 1.17 bits per heavy atom. The van der Waals surface area contributed by atoms with Crippen molar-refractivity contribution in [2.24, 2.45) is 40.2 Å². The van der Waals surface area contributed by atoms with E-state index in [0.717, 1.165) is 19.3 Å². The van der Waals surface area contributed by atoms with Gasteiger partial charge >= 0.3 is 0 Å². The first-order chi connectivity index (χ1) is 10.8. The summed E-state index contributed by atoms with van der Waals surface area (Å²) in [6.07, 6.45) is 8.51. The molecule has 0 spiro atoms. The Balaban J connectivity index is 1.73. The van der Waals surface area contributed by atoms with Crippen LogP contribution in [0.15, 0.2) is 24.0 Å². The molecule has 4 nitrogen and oxygen atoms in total. The summed E-state index contributed by atoms with van der Waals surface area (Å²) >= 11 is 0. The van der Waals surface area contributed by atoms with Gasteiger partial charge in [0.1, 0.15) is 5.76 Å². The Kier molecular flexibility index (Phi) is 3.30. The first kappa shape index (κ1) is 15.7. The van der Waals surface area contributed by atoms with Crippen LogP contribution >= 0.6 is 0 Å². The minimum atomic E-state index is -0.452. The number of allylic oxidation sites excluding steroid dienone is 3. The topological polar surface area (TPSA) is 86.7 Å². The maximum absolute atomic E-state index is 11.0. The summed E-state index contributed by atoms with van der Waals surface area (Å²) in [5.74, 6) is 1.59. The molecule has 0 aromatic carbocycles. The van der Waals surface area contributed by atoms with Crippen molar-refractivity contribution in [2.45, 2.75) is 57.8 Å². The second-order valence-corrected chi connectivity index (χ2v) is 8.88. The van der Waals surface area contributed by atoms with E-state index in [4.69, 9.17) is 5.73 Å². The quantitative estimate of drug-likeness (QED) is 0.551. The molecule has 23 heavy (non-hydrogen) atoms. The molecule has 0 heterocycles. The molecule has 3 fully saturated rings. The summed E-state index contributed by atoms with van der Waals surface area (Å²) in [6.45, 7) is 4.39. The average molecular weight is 319 g/mol. The number of aliphatic hydroxyl groups excluding tert-OH is 3. The van der Waals surface area contributed by atoms with Crippen LogP contribution in [0.5, 0.6) is 0 Å². The van der Waals surface area contributed by atoms with Crippen LogP contribution in [0.1, 0.15) is 39.5 Å². The summed E-state index contributed by atoms with van der Waals surface area (Å²) in [4.78, 5) is 0. The van der Waals surface area contributed by atoms with Crippen LogP contribution in [-0.4, -0.2) is 33.6 Å². The molecule has 4 aliphatic carbocycles. The molecule has 4 heteroatoms. The lowest BCUT2D eigenvalue weighted by Gasteiger charge is -2.59. The lowest BCUT2D eigenvalue weighted by atomic mass is 9.46. The van der Waals surface area contributed by atoms with Crippen LogP contribution < -0.4 is 5.73 Å². The number of aliphatic hydroxyl groups is 3. The van der Waals surface area contributed by atoms with Gasteiger partial charge < -0.3 is 21.1 Å². The van der Waals surface area contributed by atoms with Gasteiger partial charge in [0.25, 0.3) is 0 Å². The fourth-order valence-corrected chi connectivity index (χ4v) is 6.64. The monoisotopic (exact) mass is 319 g/mol. The van der Waals surface area contributed by atoms with Crippen molar-refractivity contribution >= 4 is 0 Å². The van der Waals surface area contributed by atoms with Crippen LogP contribution in [0.4, 0.5) is 0 Å². The van der Waals surface area contributed by atoms with E-state index < -0.39 is 12.2 Å². The molecule has 3 saturated carbocycles. The molecular weight excluding hydrogens is 290 g/mol. The standard InChI is InChI=1S/C19H29NO3/c1-18-6-5-11(21)7-10(18)3-4-12-13-8-14(22)17(20)19(13,2)9-15(23)16(12)18/h5-7,10,12-17,21-23H,3-4,8-9,20H2,1-2H3/t10?,12-,13-,14?,15?,16-,17?,18-,19-/m0/s1. The SMILES string of the molecule is C[C@]12C=CC(O)=CC1CC[C@@H]1[C@H]2C(O)C[C@]2(C)C(N)C(O)C[C@@H]12. The fraction of sp³-hybridized carbons (Fsp3) is 0.789. The lowest BCUT2D eigenvalue weighted by molar-refractivity contribution is -0.132. The highest BCUT2D eigenvalue weighted by Crippen LogP contribution is 2.64. The van der Waals surface area contributed by atoms with Crippen LogP contribution in [0.3, 0.4) is 0 Å². The van der Waals surface area contributed by atoms with Crippen molar-refractivity contribution in [3.8, 4) is 0 Å². The Morgan fingerprint density at radius 2 is 1.91 bits per heavy atom. The second-order valence-electron chi connectivity index (χ2n) is 8.88. The Labute approximate surface area is 138 Å². The van der Waals surface area contributed by atoms with E-state index in [1.165, 1.54) is 0 Å². The third kappa shape index (κ3) is 1.95. The zero-order chi connectivity index (χ0) is 16.6. The number of fused-ring (bicyclic) bond motifs is 5. The van der Waals surface area contributed by atoms with Crippen LogP contribution in [0.25, 0.3) is 0 Å². The molecule has 5 N–H and O–H groups in total. The smallest absolute Gasteiger partial charge is 0.111 e. The van der Waals surface area contributed by atoms with Gasteiger partial charge in [-0.3, -0.25) is 0 Å². The van der Waals surface area contributed by atoms with Crippen molar-refractivity contribution in [3.05, 3.63) is 24.0 Å². The summed E-state index contributed by atoms with van der Waals surface area (Å²) in [5, 5.41) is 31.2. The molecule has 0 amide bonds. The minimum absolute atomic E-state index is 0.118. The maximum atomic E-state index is 11.0. The van der Waals surface area contributed by atoms with E-state index in [1.807, 2.05) is 6.08 Å². The van der Waals surface area contributed by atoms with Crippen molar-refractivity contribution in [3.63, 3.8) is 0 Å². The van der Waals surface area contributed by atoms with E-state index in [9.17, 15) is 15.3 Å². The van der Waals surface area contributed by atoms with E-state index in [1.54, 1.807) is 6.08 Å². The van der Waals surface area contributed by atoms with Gasteiger partial charge in [0.05, 0.1) is 12.2 Å². The van der Waals surface area contributed by atoms with Gasteiger partial charge in [-0.05, 0) is 72.3 Å². The van der Waals surface area contributed by atoms with Gasteiger partial charge in [-0.25, -0.2) is 0 Å². The van der Waals surface area contributed by atoms with Crippen LogP contribution in [0, 0.1) is 34.5 Å². The normalized spacial score (nSPS) is 58.1. The van der Waals surface area contributed by atoms with Crippen LogP contribution in [0.2, 0.25) is 0 Å². The molecule has 0 saturated heterocycles. The van der Waals surface area contributed by atoms with Gasteiger partial charge in [0.15, 0.2) is 0 Å². The second kappa shape index (κ2) is 4.84. The Morgan fingerprint density at radius 3 is 2.65 bits per heavy atom. The summed E-state index contributed by atoms with van der Waals surface area (Å²) < 4.78 is 0. The zero-order valence-corrected chi connectivity index (χ0v) is 14.0. The minimum Gasteiger partial charge on any atom is -0.508 e. The third-order valence-electron chi connectivity index (χ3n) is 7.87. The molecule has 4 aliphatic rings. The van der Waals surface area contributed by atoms with Crippen molar-refractivity contribution in [1.82, 2.24) is 0 Å². The Bertz CT molecular complexity index is 573. The highest BCUT2D eigenvalue weighted by molar-refractivity contribution is 5.28. The molecule has 0 aromatic heterocycles. The van der Waals surface area contributed by atoms with Gasteiger partial charge in [-0.1, -0.05) is 19.9 Å². The summed E-state index contributed by atoms with van der Waals surface area (Å²) in [7, 11) is 0. The Hall–Kier alpha value is -0.840. The predicted octanol–water partition coefficient (Wildman–Crippen LogP) is 2.13. The predicted molar refractivity (Wildman–Crippen MR) is 88.5 cm³/mol. The molecule has 4 rings (SSSR count). The number of rotatable bonds is 0. The maximum Gasteiger partial charge on any atom is 0.111 e. The van der Waals surface area contributed by atoms with E-state index in [-0.39, 0.29) is 28.7 Å². The number of hydrogen-bond acceptors (Lipinski definition) is 4. The van der Waals surface area contributed by atoms with Gasteiger partial charge in [0.2, 0.25) is 0 Å². The van der Waals surface area contributed by atoms with Gasteiger partial charge in [0, 0.05) is 6.04 Å². The van der Waals surface area contributed by atoms with E-state index in [0.29, 0.717) is 24.0 Å². The first-order valence-electron chi connectivity index (χ1n) is 8.99.